The quantitative estimate of drug-likeness (QED) is 0.794. The van der Waals surface area contributed by atoms with Crippen LogP contribution in [0.2, 0.25) is 0 Å². The SMILES string of the molecule is COC(=O)C1=C(C)NC2=C(C(=O)CCC2)[C@@H]1c1ccc(Br)s1. The van der Waals surface area contributed by atoms with E-state index in [1.807, 2.05) is 19.1 Å². The predicted molar refractivity (Wildman–Crippen MR) is 88.5 cm³/mol. The molecule has 116 valence electrons. The Morgan fingerprint density at radius 1 is 1.41 bits per heavy atom. The topological polar surface area (TPSA) is 55.4 Å². The second-order valence-electron chi connectivity index (χ2n) is 5.40. The molecule has 1 aromatic rings. The van der Waals surface area contributed by atoms with Crippen LogP contribution in [0.5, 0.6) is 0 Å². The van der Waals surface area contributed by atoms with Crippen molar-refractivity contribution in [2.45, 2.75) is 32.1 Å². The summed E-state index contributed by atoms with van der Waals surface area (Å²) in [5, 5.41) is 3.25. The lowest BCUT2D eigenvalue weighted by Gasteiger charge is -2.33. The van der Waals surface area contributed by atoms with E-state index in [2.05, 4.69) is 21.2 Å². The zero-order chi connectivity index (χ0) is 15.9. The molecule has 2 aliphatic rings. The van der Waals surface area contributed by atoms with Gasteiger partial charge >= 0.3 is 5.97 Å². The van der Waals surface area contributed by atoms with E-state index >= 15 is 0 Å². The van der Waals surface area contributed by atoms with Crippen LogP contribution in [0.25, 0.3) is 0 Å². The molecule has 4 nitrogen and oxygen atoms in total. The number of methoxy groups -OCH3 is 1. The molecule has 0 amide bonds. The van der Waals surface area contributed by atoms with Crippen molar-refractivity contribution in [1.29, 1.82) is 0 Å². The Morgan fingerprint density at radius 3 is 2.82 bits per heavy atom. The molecule has 0 fully saturated rings. The molecule has 0 unspecified atom stereocenters. The van der Waals surface area contributed by atoms with Gasteiger partial charge in [0.2, 0.25) is 0 Å². The first-order chi connectivity index (χ1) is 10.5. The van der Waals surface area contributed by atoms with Gasteiger partial charge in [-0.2, -0.15) is 0 Å². The molecule has 1 N–H and O–H groups in total. The second kappa shape index (κ2) is 6.01. The predicted octanol–water partition coefficient (Wildman–Crippen LogP) is 3.65. The van der Waals surface area contributed by atoms with Crippen LogP contribution in [0.4, 0.5) is 0 Å². The molecule has 1 aliphatic carbocycles. The lowest BCUT2D eigenvalue weighted by atomic mass is 9.78. The molecule has 22 heavy (non-hydrogen) atoms. The van der Waals surface area contributed by atoms with E-state index in [-0.39, 0.29) is 17.7 Å². The van der Waals surface area contributed by atoms with E-state index in [9.17, 15) is 9.59 Å². The minimum Gasteiger partial charge on any atom is -0.466 e. The number of hydrogen-bond donors (Lipinski definition) is 1. The van der Waals surface area contributed by atoms with E-state index in [1.54, 1.807) is 11.3 Å². The van der Waals surface area contributed by atoms with Crippen LogP contribution < -0.4 is 5.32 Å². The van der Waals surface area contributed by atoms with Gasteiger partial charge in [0.1, 0.15) is 0 Å². The largest absolute Gasteiger partial charge is 0.466 e. The number of carbonyl (C=O) groups excluding carboxylic acids is 2. The number of thiophene rings is 1. The molecule has 0 radical (unpaired) electrons. The summed E-state index contributed by atoms with van der Waals surface area (Å²) in [5.41, 5.74) is 2.99. The van der Waals surface area contributed by atoms with Crippen molar-refractivity contribution >= 4 is 39.0 Å². The number of esters is 1. The van der Waals surface area contributed by atoms with E-state index in [0.29, 0.717) is 12.0 Å². The average Bonchev–Trinajstić information content (AvgIpc) is 2.91. The first kappa shape index (κ1) is 15.5. The number of carbonyl (C=O) groups is 2. The molecule has 1 aromatic heterocycles. The summed E-state index contributed by atoms with van der Waals surface area (Å²) in [5.74, 6) is -0.588. The Labute approximate surface area is 141 Å². The Balaban J connectivity index is 2.18. The molecule has 6 heteroatoms. The van der Waals surface area contributed by atoms with Crippen LogP contribution in [0.3, 0.4) is 0 Å². The normalized spacial score (nSPS) is 21.6. The first-order valence-electron chi connectivity index (χ1n) is 7.10. The van der Waals surface area contributed by atoms with Crippen LogP contribution in [-0.2, 0) is 14.3 Å². The number of dihydropyridines is 1. The van der Waals surface area contributed by atoms with E-state index < -0.39 is 0 Å². The number of rotatable bonds is 2. The van der Waals surface area contributed by atoms with Crippen molar-refractivity contribution in [3.05, 3.63) is 43.3 Å². The maximum atomic E-state index is 12.5. The van der Waals surface area contributed by atoms with Gasteiger partial charge in [-0.3, -0.25) is 4.79 Å². The van der Waals surface area contributed by atoms with Crippen molar-refractivity contribution in [3.63, 3.8) is 0 Å². The lowest BCUT2D eigenvalue weighted by molar-refractivity contribution is -0.136. The summed E-state index contributed by atoms with van der Waals surface area (Å²) in [6.45, 7) is 1.87. The fraction of sp³-hybridized carbons (Fsp3) is 0.375. The van der Waals surface area contributed by atoms with Crippen molar-refractivity contribution in [2.24, 2.45) is 0 Å². The van der Waals surface area contributed by atoms with E-state index in [1.165, 1.54) is 7.11 Å². The fourth-order valence-electron chi connectivity index (χ4n) is 3.13. The highest BCUT2D eigenvalue weighted by atomic mass is 79.9. The molecule has 1 aliphatic heterocycles. The molecular weight excluding hydrogens is 366 g/mol. The van der Waals surface area contributed by atoms with Crippen molar-refractivity contribution in [2.75, 3.05) is 7.11 Å². The maximum Gasteiger partial charge on any atom is 0.336 e. The summed E-state index contributed by atoms with van der Waals surface area (Å²) >= 11 is 5.01. The summed E-state index contributed by atoms with van der Waals surface area (Å²) in [4.78, 5) is 25.8. The monoisotopic (exact) mass is 381 g/mol. The maximum absolute atomic E-state index is 12.5. The van der Waals surface area contributed by atoms with Gasteiger partial charge < -0.3 is 10.1 Å². The summed E-state index contributed by atoms with van der Waals surface area (Å²) in [7, 11) is 1.37. The smallest absolute Gasteiger partial charge is 0.336 e. The minimum atomic E-state index is -0.385. The molecule has 0 saturated heterocycles. The number of ketones is 1. The molecular formula is C16H16BrNO3S. The average molecular weight is 382 g/mol. The summed E-state index contributed by atoms with van der Waals surface area (Å²) < 4.78 is 5.94. The van der Waals surface area contributed by atoms with Crippen LogP contribution in [0.1, 0.15) is 37.0 Å². The molecule has 0 saturated carbocycles. The van der Waals surface area contributed by atoms with Crippen molar-refractivity contribution in [1.82, 2.24) is 5.32 Å². The second-order valence-corrected chi connectivity index (χ2v) is 7.89. The molecule has 0 spiro atoms. The number of hydrogen-bond acceptors (Lipinski definition) is 5. The Kier molecular flexibility index (Phi) is 4.23. The first-order valence-corrected chi connectivity index (χ1v) is 8.71. The Morgan fingerprint density at radius 2 is 2.18 bits per heavy atom. The summed E-state index contributed by atoms with van der Waals surface area (Å²) in [6.07, 6.45) is 2.24. The molecule has 2 heterocycles. The number of halogens is 1. The summed E-state index contributed by atoms with van der Waals surface area (Å²) in [6, 6.07) is 3.91. The standard InChI is InChI=1S/C16H16BrNO3S/c1-8-13(16(20)21-2)15(11-6-7-12(17)22-11)14-9(18-8)4-3-5-10(14)19/h6-7,15,18H,3-5H2,1-2H3/t15-/m1/s1. The van der Waals surface area contributed by atoms with Gasteiger partial charge in [0.25, 0.3) is 0 Å². The van der Waals surface area contributed by atoms with E-state index in [4.69, 9.17) is 4.74 Å². The Bertz CT molecular complexity index is 717. The molecule has 0 aromatic carbocycles. The van der Waals surface area contributed by atoms with Crippen LogP contribution >= 0.6 is 27.3 Å². The van der Waals surface area contributed by atoms with Crippen molar-refractivity contribution < 1.29 is 14.3 Å². The number of ether oxygens (including phenoxy) is 1. The van der Waals surface area contributed by atoms with Gasteiger partial charge in [-0.25, -0.2) is 4.79 Å². The molecule has 0 bridgehead atoms. The number of Topliss-reactive ketones (excluding diaryl/α,β-unsaturated/α-hetero) is 1. The third-order valence-corrected chi connectivity index (χ3v) is 5.75. The highest BCUT2D eigenvalue weighted by Gasteiger charge is 2.39. The van der Waals surface area contributed by atoms with Crippen LogP contribution in [-0.4, -0.2) is 18.9 Å². The lowest BCUT2D eigenvalue weighted by Crippen LogP contribution is -2.33. The van der Waals surface area contributed by atoms with Gasteiger partial charge in [-0.1, -0.05) is 0 Å². The number of nitrogens with one attached hydrogen (secondary N) is 1. The zero-order valence-electron chi connectivity index (χ0n) is 12.4. The minimum absolute atomic E-state index is 0.122. The van der Waals surface area contributed by atoms with Crippen LogP contribution in [0, 0.1) is 0 Å². The molecule has 3 rings (SSSR count). The zero-order valence-corrected chi connectivity index (χ0v) is 14.8. The molecule has 1 atom stereocenters. The Hall–Kier alpha value is -1.40. The van der Waals surface area contributed by atoms with Gasteiger partial charge in [-0.05, 0) is 47.8 Å². The van der Waals surface area contributed by atoms with Gasteiger partial charge in [0.15, 0.2) is 5.78 Å². The third kappa shape index (κ3) is 2.54. The van der Waals surface area contributed by atoms with Crippen molar-refractivity contribution in [3.8, 4) is 0 Å². The van der Waals surface area contributed by atoms with Gasteiger partial charge in [-0.15, -0.1) is 11.3 Å². The highest BCUT2D eigenvalue weighted by Crippen LogP contribution is 2.45. The third-order valence-electron chi connectivity index (χ3n) is 4.06. The fourth-order valence-corrected chi connectivity index (χ4v) is 4.68. The van der Waals surface area contributed by atoms with Crippen LogP contribution in [0.15, 0.2) is 38.5 Å². The number of allylic oxidation sites excluding steroid dienone is 3. The van der Waals surface area contributed by atoms with Gasteiger partial charge in [0.05, 0.1) is 22.4 Å². The van der Waals surface area contributed by atoms with Gasteiger partial charge in [0, 0.05) is 28.3 Å². The van der Waals surface area contributed by atoms with E-state index in [0.717, 1.165) is 38.5 Å². The highest BCUT2D eigenvalue weighted by molar-refractivity contribution is 9.11.